The van der Waals surface area contributed by atoms with E-state index in [1.807, 2.05) is 31.4 Å². The number of pyridine rings is 1. The van der Waals surface area contributed by atoms with Gasteiger partial charge in [-0.2, -0.15) is 0 Å². The molecule has 0 atom stereocenters. The van der Waals surface area contributed by atoms with Crippen LogP contribution < -0.4 is 5.32 Å². The molecule has 0 aliphatic rings. The first-order chi connectivity index (χ1) is 4.93. The number of hydrogen-bond acceptors (Lipinski definition) is 2. The first-order valence-corrected chi connectivity index (χ1v) is 3.48. The number of nitrogens with one attached hydrogen (secondary N) is 1. The van der Waals surface area contributed by atoms with E-state index < -0.39 is 0 Å². The van der Waals surface area contributed by atoms with Gasteiger partial charge in [0.1, 0.15) is 0 Å². The topological polar surface area (TPSA) is 24.9 Å². The van der Waals surface area contributed by atoms with Crippen molar-refractivity contribution >= 4 is 24.8 Å². The number of likely N-dealkylation sites (N-methyl/N-ethyl adjacent to an activating group) is 1. The van der Waals surface area contributed by atoms with E-state index in [1.165, 1.54) is 0 Å². The first-order valence-electron chi connectivity index (χ1n) is 3.48. The molecular formula is C8H15Cl2N2+. The van der Waals surface area contributed by atoms with Crippen molar-refractivity contribution in [2.45, 2.75) is 6.42 Å². The van der Waals surface area contributed by atoms with Crippen molar-refractivity contribution in [3.63, 3.8) is 0 Å². The van der Waals surface area contributed by atoms with Crippen molar-refractivity contribution in [2.75, 3.05) is 13.6 Å². The molecule has 0 bridgehead atoms. The van der Waals surface area contributed by atoms with Crippen molar-refractivity contribution in [1.29, 1.82) is 0 Å². The van der Waals surface area contributed by atoms with Crippen molar-refractivity contribution in [1.82, 2.24) is 10.3 Å². The van der Waals surface area contributed by atoms with E-state index >= 15 is 0 Å². The number of halogens is 2. The molecule has 1 aromatic rings. The Bertz CT molecular complexity index is 185. The van der Waals surface area contributed by atoms with Crippen LogP contribution in [0, 0.1) is 0 Å². The zero-order chi connectivity index (χ0) is 7.23. The molecule has 1 aromatic heterocycles. The minimum atomic E-state index is 0. The fourth-order valence-corrected chi connectivity index (χ4v) is 0.799. The molecule has 0 aromatic carbocycles. The van der Waals surface area contributed by atoms with Gasteiger partial charge in [0.05, 0.1) is 0 Å². The average Bonchev–Trinajstić information content (AvgIpc) is 2.03. The Morgan fingerprint density at radius 1 is 1.42 bits per heavy atom. The van der Waals surface area contributed by atoms with Gasteiger partial charge in [0.25, 0.3) is 0 Å². The van der Waals surface area contributed by atoms with E-state index in [0.717, 1.165) is 18.7 Å². The molecule has 1 N–H and O–H groups in total. The summed E-state index contributed by atoms with van der Waals surface area (Å²) in [7, 11) is 1.95. The lowest BCUT2D eigenvalue weighted by Gasteiger charge is -1.96. The monoisotopic (exact) mass is 209 g/mol. The summed E-state index contributed by atoms with van der Waals surface area (Å²) in [4.78, 5) is 4.18. The minimum absolute atomic E-state index is 0. The Balaban J connectivity index is -0.000000333. The quantitative estimate of drug-likeness (QED) is 0.822. The van der Waals surface area contributed by atoms with Crippen LogP contribution in [0.4, 0.5) is 0 Å². The molecule has 4 heteroatoms. The second-order valence-electron chi connectivity index (χ2n) is 2.17. The van der Waals surface area contributed by atoms with E-state index in [0.29, 0.717) is 0 Å². The summed E-state index contributed by atoms with van der Waals surface area (Å²) in [5.74, 6) is 0. The van der Waals surface area contributed by atoms with Gasteiger partial charge in [0.2, 0.25) is 0 Å². The normalized spacial score (nSPS) is 8.08. The molecule has 1 rings (SSSR count). The molecule has 0 radical (unpaired) electrons. The number of nitrogens with zero attached hydrogens (tertiary/aromatic N) is 1. The minimum Gasteiger partial charge on any atom is -0.319 e. The Morgan fingerprint density at radius 2 is 2.17 bits per heavy atom. The molecule has 2 nitrogen and oxygen atoms in total. The summed E-state index contributed by atoms with van der Waals surface area (Å²) in [6, 6.07) is 5.98. The van der Waals surface area contributed by atoms with Gasteiger partial charge >= 0.3 is 1.43 Å². The van der Waals surface area contributed by atoms with Crippen LogP contribution in [-0.4, -0.2) is 18.6 Å². The Labute approximate surface area is 87.1 Å². The number of aromatic nitrogens is 1. The third kappa shape index (κ3) is 5.35. The Hall–Kier alpha value is -0.310. The summed E-state index contributed by atoms with van der Waals surface area (Å²) in [6.45, 7) is 0.997. The summed E-state index contributed by atoms with van der Waals surface area (Å²) >= 11 is 0. The first kappa shape index (κ1) is 14.2. The standard InChI is InChI=1S/C8H12N2.2ClH/c1-9-7-5-8-4-2-3-6-10-8;;/h2-4,6,9H,5,7H2,1H3;2*1H/p+1. The highest BCUT2D eigenvalue weighted by atomic mass is 35.5. The SMILES string of the molecule is CNCCc1ccccn1.Cl.Cl.[H+]. The molecule has 0 fully saturated rings. The second-order valence-corrected chi connectivity index (χ2v) is 2.17. The van der Waals surface area contributed by atoms with Crippen molar-refractivity contribution < 1.29 is 1.43 Å². The van der Waals surface area contributed by atoms with Gasteiger partial charge in [-0.25, -0.2) is 0 Å². The molecule has 0 saturated carbocycles. The highest BCUT2D eigenvalue weighted by molar-refractivity contribution is 5.85. The van der Waals surface area contributed by atoms with Gasteiger partial charge in [-0.05, 0) is 19.2 Å². The van der Waals surface area contributed by atoms with E-state index in [1.54, 1.807) is 0 Å². The molecule has 0 amide bonds. The Kier molecular flexibility index (Phi) is 10.4. The molecule has 0 unspecified atom stereocenters. The molecule has 1 heterocycles. The van der Waals surface area contributed by atoms with Gasteiger partial charge in [-0.15, -0.1) is 24.8 Å². The van der Waals surface area contributed by atoms with Crippen LogP contribution in [0.5, 0.6) is 0 Å². The van der Waals surface area contributed by atoms with Gasteiger partial charge in [0.15, 0.2) is 0 Å². The van der Waals surface area contributed by atoms with Crippen LogP contribution in [0.25, 0.3) is 0 Å². The summed E-state index contributed by atoms with van der Waals surface area (Å²) in [6.07, 6.45) is 2.84. The van der Waals surface area contributed by atoms with Crippen molar-refractivity contribution in [3.05, 3.63) is 30.1 Å². The summed E-state index contributed by atoms with van der Waals surface area (Å²) in [5, 5.41) is 3.08. The molecule has 0 aliphatic heterocycles. The largest absolute Gasteiger partial charge is 1.00 e. The lowest BCUT2D eigenvalue weighted by Crippen LogP contribution is -2.10. The van der Waals surface area contributed by atoms with Crippen molar-refractivity contribution in [2.24, 2.45) is 0 Å². The molecular weight excluding hydrogens is 195 g/mol. The third-order valence-corrected chi connectivity index (χ3v) is 1.36. The van der Waals surface area contributed by atoms with Gasteiger partial charge in [-0.3, -0.25) is 4.98 Å². The van der Waals surface area contributed by atoms with Crippen LogP contribution in [0.3, 0.4) is 0 Å². The van der Waals surface area contributed by atoms with E-state index in [9.17, 15) is 0 Å². The summed E-state index contributed by atoms with van der Waals surface area (Å²) in [5.41, 5.74) is 1.15. The maximum atomic E-state index is 4.18. The van der Waals surface area contributed by atoms with Gasteiger partial charge < -0.3 is 5.32 Å². The average molecular weight is 210 g/mol. The van der Waals surface area contributed by atoms with E-state index in [2.05, 4.69) is 10.3 Å². The van der Waals surface area contributed by atoms with Crippen LogP contribution in [0.2, 0.25) is 0 Å². The predicted molar refractivity (Wildman–Crippen MR) is 57.5 cm³/mol. The van der Waals surface area contributed by atoms with Crippen LogP contribution >= 0.6 is 24.8 Å². The lowest BCUT2D eigenvalue weighted by atomic mass is 10.3. The fraction of sp³-hybridized carbons (Fsp3) is 0.375. The highest BCUT2D eigenvalue weighted by Gasteiger charge is 1.88. The van der Waals surface area contributed by atoms with Crippen LogP contribution in [0.1, 0.15) is 7.12 Å². The van der Waals surface area contributed by atoms with Crippen LogP contribution in [0.15, 0.2) is 24.4 Å². The molecule has 0 spiro atoms. The Morgan fingerprint density at radius 3 is 2.67 bits per heavy atom. The maximum Gasteiger partial charge on any atom is 1.00 e. The van der Waals surface area contributed by atoms with Gasteiger partial charge in [-0.1, -0.05) is 6.07 Å². The highest BCUT2D eigenvalue weighted by Crippen LogP contribution is 1.92. The van der Waals surface area contributed by atoms with Crippen molar-refractivity contribution in [3.8, 4) is 0 Å². The predicted octanol–water partition coefficient (Wildman–Crippen LogP) is 1.80. The summed E-state index contributed by atoms with van der Waals surface area (Å²) < 4.78 is 0. The molecule has 0 aliphatic carbocycles. The molecule has 70 valence electrons. The second kappa shape index (κ2) is 8.78. The maximum absolute atomic E-state index is 4.18. The molecule has 0 saturated heterocycles. The van der Waals surface area contributed by atoms with Crippen LogP contribution in [-0.2, 0) is 6.42 Å². The number of hydrogen-bond donors (Lipinski definition) is 1. The zero-order valence-corrected chi connectivity index (χ0v) is 8.62. The molecule has 12 heavy (non-hydrogen) atoms. The van der Waals surface area contributed by atoms with E-state index in [4.69, 9.17) is 0 Å². The third-order valence-electron chi connectivity index (χ3n) is 1.36. The number of rotatable bonds is 3. The van der Waals surface area contributed by atoms with Gasteiger partial charge in [0, 0.05) is 24.9 Å². The smallest absolute Gasteiger partial charge is 0.319 e. The van der Waals surface area contributed by atoms with E-state index in [-0.39, 0.29) is 26.2 Å². The fourth-order valence-electron chi connectivity index (χ4n) is 0.799. The lowest BCUT2D eigenvalue weighted by molar-refractivity contribution is 0.776. The zero-order valence-electron chi connectivity index (χ0n) is 7.99.